The smallest absolute Gasteiger partial charge is 0.0841 e. The Hall–Kier alpha value is -1.06. The minimum Gasteiger partial charge on any atom is -0.311 e. The highest BCUT2D eigenvalue weighted by Gasteiger charge is 2.06. The quantitative estimate of drug-likeness (QED) is 0.632. The van der Waals surface area contributed by atoms with Gasteiger partial charge in [-0.3, -0.25) is 4.68 Å². The summed E-state index contributed by atoms with van der Waals surface area (Å²) in [6.45, 7) is 1.82. The number of halogens is 1. The first-order valence-electron chi connectivity index (χ1n) is 6.00. The van der Waals surface area contributed by atoms with Gasteiger partial charge in [0.2, 0.25) is 0 Å². The van der Waals surface area contributed by atoms with Crippen LogP contribution >= 0.6 is 11.6 Å². The minimum atomic E-state index is 0.744. The third-order valence-electron chi connectivity index (χ3n) is 2.86. The fraction of sp³-hybridized carbons (Fsp3) is 0.462. The van der Waals surface area contributed by atoms with Gasteiger partial charge < -0.3 is 5.32 Å². The summed E-state index contributed by atoms with van der Waals surface area (Å²) in [5.41, 5.74) is 2.30. The summed E-state index contributed by atoms with van der Waals surface area (Å²) in [4.78, 5) is 0. The van der Waals surface area contributed by atoms with Crippen LogP contribution in [0.4, 0.5) is 0 Å². The van der Waals surface area contributed by atoms with Gasteiger partial charge >= 0.3 is 0 Å². The third-order valence-corrected chi connectivity index (χ3v) is 3.13. The van der Waals surface area contributed by atoms with Crippen molar-refractivity contribution in [3.63, 3.8) is 0 Å². The number of hydrogen-bond acceptors (Lipinski definition) is 2. The van der Waals surface area contributed by atoms with Crippen molar-refractivity contribution >= 4 is 22.5 Å². The van der Waals surface area contributed by atoms with E-state index >= 15 is 0 Å². The molecule has 1 heterocycles. The normalized spacial score (nSPS) is 11.2. The van der Waals surface area contributed by atoms with Crippen molar-refractivity contribution in [1.29, 1.82) is 0 Å². The van der Waals surface area contributed by atoms with Crippen molar-refractivity contribution < 1.29 is 0 Å². The van der Waals surface area contributed by atoms with Crippen LogP contribution in [0.15, 0.2) is 24.3 Å². The Labute approximate surface area is 107 Å². The van der Waals surface area contributed by atoms with Crippen LogP contribution in [0.1, 0.15) is 18.5 Å². The molecule has 0 saturated carbocycles. The Morgan fingerprint density at radius 3 is 2.94 bits per heavy atom. The maximum absolute atomic E-state index is 5.64. The summed E-state index contributed by atoms with van der Waals surface area (Å²) in [7, 11) is 1.99. The van der Waals surface area contributed by atoms with Crippen LogP contribution in [-0.4, -0.2) is 22.2 Å². The molecule has 0 spiro atoms. The molecule has 2 rings (SSSR count). The predicted octanol–water partition coefficient (Wildman–Crippen LogP) is 2.68. The van der Waals surface area contributed by atoms with Gasteiger partial charge in [-0.1, -0.05) is 18.2 Å². The second-order valence-corrected chi connectivity index (χ2v) is 4.54. The molecule has 0 saturated heterocycles. The molecule has 0 amide bonds. The number of nitrogens with one attached hydrogen (secondary N) is 1. The summed E-state index contributed by atoms with van der Waals surface area (Å²) >= 11 is 5.64. The monoisotopic (exact) mass is 251 g/mol. The third kappa shape index (κ3) is 2.99. The summed E-state index contributed by atoms with van der Waals surface area (Å²) in [6.07, 6.45) is 2.19. The summed E-state index contributed by atoms with van der Waals surface area (Å²) in [5, 5.41) is 9.18. The molecule has 0 fully saturated rings. The van der Waals surface area contributed by atoms with Crippen LogP contribution in [-0.2, 0) is 13.6 Å². The maximum Gasteiger partial charge on any atom is 0.0841 e. The molecule has 3 nitrogen and oxygen atoms in total. The average molecular weight is 252 g/mol. The second-order valence-electron chi connectivity index (χ2n) is 4.16. The first kappa shape index (κ1) is 12.4. The van der Waals surface area contributed by atoms with Gasteiger partial charge in [-0.2, -0.15) is 5.10 Å². The van der Waals surface area contributed by atoms with E-state index in [0.717, 1.165) is 37.5 Å². The lowest BCUT2D eigenvalue weighted by Gasteiger charge is -2.01. The van der Waals surface area contributed by atoms with Crippen LogP contribution in [0.25, 0.3) is 10.9 Å². The lowest BCUT2D eigenvalue weighted by molar-refractivity contribution is 0.626. The van der Waals surface area contributed by atoms with E-state index in [0.29, 0.717) is 0 Å². The number of hydrogen-bond donors (Lipinski definition) is 1. The molecule has 0 aliphatic carbocycles. The molecule has 0 aliphatic heterocycles. The van der Waals surface area contributed by atoms with Crippen molar-refractivity contribution in [1.82, 2.24) is 15.1 Å². The number of rotatable bonds is 6. The molecular formula is C13H18ClN3. The number of aromatic nitrogens is 2. The predicted molar refractivity (Wildman–Crippen MR) is 72.4 cm³/mol. The molecule has 0 unspecified atom stereocenters. The minimum absolute atomic E-state index is 0.744. The molecule has 92 valence electrons. The molecule has 1 N–H and O–H groups in total. The van der Waals surface area contributed by atoms with Crippen molar-refractivity contribution in [2.24, 2.45) is 7.05 Å². The van der Waals surface area contributed by atoms with Gasteiger partial charge in [-0.15, -0.1) is 11.6 Å². The number of fused-ring (bicyclic) bond motifs is 1. The van der Waals surface area contributed by atoms with Gasteiger partial charge in [0.15, 0.2) is 0 Å². The Bertz CT molecular complexity index is 478. The molecule has 1 aromatic heterocycles. The molecule has 17 heavy (non-hydrogen) atoms. The van der Waals surface area contributed by atoms with Crippen LogP contribution < -0.4 is 5.32 Å². The lowest BCUT2D eigenvalue weighted by atomic mass is 10.2. The lowest BCUT2D eigenvalue weighted by Crippen LogP contribution is -2.15. The Morgan fingerprint density at radius 1 is 1.29 bits per heavy atom. The van der Waals surface area contributed by atoms with E-state index in [1.807, 2.05) is 17.8 Å². The number of alkyl halides is 1. The fourth-order valence-electron chi connectivity index (χ4n) is 1.97. The van der Waals surface area contributed by atoms with Crippen molar-refractivity contribution in [2.75, 3.05) is 12.4 Å². The van der Waals surface area contributed by atoms with E-state index in [4.69, 9.17) is 11.6 Å². The molecule has 1 aromatic carbocycles. The highest BCUT2D eigenvalue weighted by molar-refractivity contribution is 6.17. The van der Waals surface area contributed by atoms with Gasteiger partial charge in [0, 0.05) is 24.9 Å². The molecule has 0 bridgehead atoms. The standard InChI is InChI=1S/C13H18ClN3/c1-17-13-7-3-2-6-11(13)12(16-17)10-15-9-5-4-8-14/h2-3,6-7,15H,4-5,8-10H2,1H3. The zero-order valence-corrected chi connectivity index (χ0v) is 10.9. The van der Waals surface area contributed by atoms with Gasteiger partial charge in [0.1, 0.15) is 0 Å². The Balaban J connectivity index is 1.99. The van der Waals surface area contributed by atoms with Gasteiger partial charge in [-0.05, 0) is 25.5 Å². The molecule has 0 radical (unpaired) electrons. The largest absolute Gasteiger partial charge is 0.311 e. The molecule has 0 atom stereocenters. The van der Waals surface area contributed by atoms with E-state index in [1.54, 1.807) is 0 Å². The van der Waals surface area contributed by atoms with Crippen molar-refractivity contribution in [3.05, 3.63) is 30.0 Å². The van der Waals surface area contributed by atoms with E-state index < -0.39 is 0 Å². The summed E-state index contributed by atoms with van der Waals surface area (Å²) in [6, 6.07) is 8.32. The van der Waals surface area contributed by atoms with E-state index in [9.17, 15) is 0 Å². The molecular weight excluding hydrogens is 234 g/mol. The second kappa shape index (κ2) is 6.03. The van der Waals surface area contributed by atoms with Crippen LogP contribution in [0.5, 0.6) is 0 Å². The first-order valence-corrected chi connectivity index (χ1v) is 6.53. The van der Waals surface area contributed by atoms with Crippen molar-refractivity contribution in [3.8, 4) is 0 Å². The zero-order valence-electron chi connectivity index (χ0n) is 10.1. The zero-order chi connectivity index (χ0) is 12.1. The maximum atomic E-state index is 5.64. The van der Waals surface area contributed by atoms with Crippen LogP contribution in [0.3, 0.4) is 0 Å². The highest BCUT2D eigenvalue weighted by atomic mass is 35.5. The molecule has 0 aliphatic rings. The van der Waals surface area contributed by atoms with E-state index in [2.05, 4.69) is 28.6 Å². The SMILES string of the molecule is Cn1nc(CNCCCCCl)c2ccccc21. The highest BCUT2D eigenvalue weighted by Crippen LogP contribution is 2.16. The number of para-hydroxylation sites is 1. The van der Waals surface area contributed by atoms with E-state index in [1.165, 1.54) is 10.9 Å². The van der Waals surface area contributed by atoms with Crippen LogP contribution in [0.2, 0.25) is 0 Å². The number of nitrogens with zero attached hydrogens (tertiary/aromatic N) is 2. The number of benzene rings is 1. The Kier molecular flexibility index (Phi) is 4.40. The summed E-state index contributed by atoms with van der Waals surface area (Å²) < 4.78 is 1.94. The molecule has 2 aromatic rings. The van der Waals surface area contributed by atoms with Gasteiger partial charge in [0.25, 0.3) is 0 Å². The van der Waals surface area contributed by atoms with Crippen molar-refractivity contribution in [2.45, 2.75) is 19.4 Å². The Morgan fingerprint density at radius 2 is 2.12 bits per heavy atom. The molecule has 4 heteroatoms. The van der Waals surface area contributed by atoms with Gasteiger partial charge in [0.05, 0.1) is 11.2 Å². The van der Waals surface area contributed by atoms with E-state index in [-0.39, 0.29) is 0 Å². The van der Waals surface area contributed by atoms with Crippen LogP contribution in [0, 0.1) is 0 Å². The average Bonchev–Trinajstić information content (AvgIpc) is 2.67. The first-order chi connectivity index (χ1) is 8.33. The topological polar surface area (TPSA) is 29.9 Å². The fourth-order valence-corrected chi connectivity index (χ4v) is 2.16. The number of aryl methyl sites for hydroxylation is 1. The summed E-state index contributed by atoms with van der Waals surface area (Å²) in [5.74, 6) is 0.744. The number of unbranched alkanes of at least 4 members (excludes halogenated alkanes) is 1. The van der Waals surface area contributed by atoms with Gasteiger partial charge in [-0.25, -0.2) is 0 Å².